The Morgan fingerprint density at radius 3 is 3.30 bits per heavy atom. The van der Waals surface area contributed by atoms with Gasteiger partial charge in [-0.1, -0.05) is 0 Å². The van der Waals surface area contributed by atoms with Crippen LogP contribution in [-0.4, -0.2) is 17.8 Å². The molecule has 2 aliphatic rings. The van der Waals surface area contributed by atoms with Crippen LogP contribution in [0.2, 0.25) is 0 Å². The SMILES string of the molecule is NC1=NC=C2C=NN=C2C1. The second-order valence-corrected chi connectivity index (χ2v) is 2.17. The Morgan fingerprint density at radius 2 is 2.40 bits per heavy atom. The molecule has 0 aromatic heterocycles. The van der Waals surface area contributed by atoms with E-state index in [1.54, 1.807) is 12.4 Å². The first-order valence-corrected chi connectivity index (χ1v) is 2.99. The zero-order chi connectivity index (χ0) is 6.97. The molecule has 0 amide bonds. The van der Waals surface area contributed by atoms with Gasteiger partial charge in [0.05, 0.1) is 18.3 Å². The van der Waals surface area contributed by atoms with Crippen LogP contribution in [0.25, 0.3) is 0 Å². The number of fused-ring (bicyclic) bond motifs is 1. The van der Waals surface area contributed by atoms with E-state index in [1.165, 1.54) is 0 Å². The highest BCUT2D eigenvalue weighted by Crippen LogP contribution is 2.11. The number of rotatable bonds is 0. The standard InChI is InChI=1S/C6H6N4/c7-6-1-5-4(2-8-6)3-9-10-5/h2-3H,1H2,(H2,7,8). The van der Waals surface area contributed by atoms with E-state index in [1.807, 2.05) is 0 Å². The Hall–Kier alpha value is -1.45. The van der Waals surface area contributed by atoms with E-state index < -0.39 is 0 Å². The summed E-state index contributed by atoms with van der Waals surface area (Å²) >= 11 is 0. The summed E-state index contributed by atoms with van der Waals surface area (Å²) in [6, 6.07) is 0. The molecule has 2 heterocycles. The van der Waals surface area contributed by atoms with Crippen molar-refractivity contribution in [2.75, 3.05) is 0 Å². The molecule has 0 saturated carbocycles. The maximum Gasteiger partial charge on any atom is 0.105 e. The smallest absolute Gasteiger partial charge is 0.105 e. The number of nitrogens with zero attached hydrogens (tertiary/aromatic N) is 3. The van der Waals surface area contributed by atoms with Crippen molar-refractivity contribution in [2.24, 2.45) is 20.9 Å². The molecule has 2 rings (SSSR count). The number of hydrogen-bond acceptors (Lipinski definition) is 4. The molecule has 0 atom stereocenters. The Balaban J connectivity index is 2.42. The van der Waals surface area contributed by atoms with Crippen molar-refractivity contribution < 1.29 is 0 Å². The lowest BCUT2D eigenvalue weighted by Crippen LogP contribution is -2.20. The second kappa shape index (κ2) is 1.76. The summed E-state index contributed by atoms with van der Waals surface area (Å²) < 4.78 is 0. The molecular weight excluding hydrogens is 128 g/mol. The van der Waals surface area contributed by atoms with Gasteiger partial charge in [-0.15, -0.1) is 0 Å². The first-order chi connectivity index (χ1) is 4.86. The van der Waals surface area contributed by atoms with Gasteiger partial charge < -0.3 is 5.73 Å². The molecule has 4 heteroatoms. The molecule has 4 nitrogen and oxygen atoms in total. The molecule has 0 radical (unpaired) electrons. The normalized spacial score (nSPS) is 21.4. The monoisotopic (exact) mass is 134 g/mol. The average Bonchev–Trinajstić information content (AvgIpc) is 2.33. The summed E-state index contributed by atoms with van der Waals surface area (Å²) in [7, 11) is 0. The van der Waals surface area contributed by atoms with Crippen molar-refractivity contribution >= 4 is 17.8 Å². The number of aliphatic imine (C=N–C) groups is 1. The van der Waals surface area contributed by atoms with Crippen molar-refractivity contribution in [3.05, 3.63) is 11.8 Å². The predicted molar refractivity (Wildman–Crippen MR) is 40.2 cm³/mol. The predicted octanol–water partition coefficient (Wildman–Crippen LogP) is 0.0716. The molecule has 0 fully saturated rings. The quantitative estimate of drug-likeness (QED) is 0.500. The molecule has 0 spiro atoms. The van der Waals surface area contributed by atoms with Crippen molar-refractivity contribution in [1.82, 2.24) is 0 Å². The van der Waals surface area contributed by atoms with Gasteiger partial charge in [0.2, 0.25) is 0 Å². The van der Waals surface area contributed by atoms with E-state index in [-0.39, 0.29) is 0 Å². The third kappa shape index (κ3) is 0.655. The molecule has 0 unspecified atom stereocenters. The van der Waals surface area contributed by atoms with E-state index in [2.05, 4.69) is 15.2 Å². The fraction of sp³-hybridized carbons (Fsp3) is 0.167. The molecule has 2 N–H and O–H groups in total. The molecule has 0 aliphatic carbocycles. The summed E-state index contributed by atoms with van der Waals surface area (Å²) in [4.78, 5) is 3.93. The molecule has 0 bridgehead atoms. The fourth-order valence-electron chi connectivity index (χ4n) is 0.908. The lowest BCUT2D eigenvalue weighted by molar-refractivity contribution is 1.25. The number of nitrogens with two attached hydrogens (primary N) is 1. The molecule has 10 heavy (non-hydrogen) atoms. The summed E-state index contributed by atoms with van der Waals surface area (Å²) in [6.07, 6.45) is 4.01. The van der Waals surface area contributed by atoms with Crippen molar-refractivity contribution in [1.29, 1.82) is 0 Å². The van der Waals surface area contributed by atoms with Crippen molar-refractivity contribution in [2.45, 2.75) is 6.42 Å². The fourth-order valence-corrected chi connectivity index (χ4v) is 0.908. The van der Waals surface area contributed by atoms with Gasteiger partial charge in [0.1, 0.15) is 5.84 Å². The van der Waals surface area contributed by atoms with Gasteiger partial charge in [-0.25, -0.2) is 4.99 Å². The minimum Gasteiger partial charge on any atom is -0.387 e. The topological polar surface area (TPSA) is 63.1 Å². The van der Waals surface area contributed by atoms with Gasteiger partial charge in [-0.2, -0.15) is 10.2 Å². The molecule has 0 saturated heterocycles. The lowest BCUT2D eigenvalue weighted by Gasteiger charge is -2.04. The van der Waals surface area contributed by atoms with Crippen LogP contribution in [0, 0.1) is 0 Å². The lowest BCUT2D eigenvalue weighted by atomic mass is 10.1. The first-order valence-electron chi connectivity index (χ1n) is 2.99. The summed E-state index contributed by atoms with van der Waals surface area (Å²) in [6.45, 7) is 0. The van der Waals surface area contributed by atoms with Crippen LogP contribution in [-0.2, 0) is 0 Å². The summed E-state index contributed by atoms with van der Waals surface area (Å²) in [5.74, 6) is 0.605. The summed E-state index contributed by atoms with van der Waals surface area (Å²) in [5.41, 5.74) is 7.36. The van der Waals surface area contributed by atoms with Gasteiger partial charge in [0, 0.05) is 11.8 Å². The van der Waals surface area contributed by atoms with Gasteiger partial charge in [-0.05, 0) is 0 Å². The Kier molecular flexibility index (Phi) is 0.943. The zero-order valence-corrected chi connectivity index (χ0v) is 5.28. The van der Waals surface area contributed by atoms with Crippen LogP contribution in [0.4, 0.5) is 0 Å². The maximum atomic E-state index is 5.46. The molecule has 50 valence electrons. The van der Waals surface area contributed by atoms with Crippen molar-refractivity contribution in [3.8, 4) is 0 Å². The van der Waals surface area contributed by atoms with Crippen LogP contribution in [0.15, 0.2) is 27.0 Å². The second-order valence-electron chi connectivity index (χ2n) is 2.17. The molecular formula is C6H6N4. The molecule has 2 aliphatic heterocycles. The summed E-state index contributed by atoms with van der Waals surface area (Å²) in [5, 5.41) is 7.59. The van der Waals surface area contributed by atoms with Gasteiger partial charge >= 0.3 is 0 Å². The minimum absolute atomic E-state index is 0.605. The number of hydrogen-bond donors (Lipinski definition) is 1. The zero-order valence-electron chi connectivity index (χ0n) is 5.28. The minimum atomic E-state index is 0.605. The van der Waals surface area contributed by atoms with E-state index in [4.69, 9.17) is 5.73 Å². The average molecular weight is 134 g/mol. The largest absolute Gasteiger partial charge is 0.387 e. The van der Waals surface area contributed by atoms with Crippen LogP contribution in [0.5, 0.6) is 0 Å². The Morgan fingerprint density at radius 1 is 1.50 bits per heavy atom. The molecule has 0 aromatic rings. The highest BCUT2D eigenvalue weighted by atomic mass is 15.2. The highest BCUT2D eigenvalue weighted by Gasteiger charge is 2.14. The number of allylic oxidation sites excluding steroid dienone is 1. The van der Waals surface area contributed by atoms with Gasteiger partial charge in [-0.3, -0.25) is 0 Å². The Labute approximate surface area is 57.9 Å². The van der Waals surface area contributed by atoms with Crippen LogP contribution in [0.1, 0.15) is 6.42 Å². The van der Waals surface area contributed by atoms with Crippen LogP contribution >= 0.6 is 0 Å². The van der Waals surface area contributed by atoms with Crippen molar-refractivity contribution in [3.63, 3.8) is 0 Å². The van der Waals surface area contributed by atoms with Crippen LogP contribution in [0.3, 0.4) is 0 Å². The Bertz CT molecular complexity index is 282. The van der Waals surface area contributed by atoms with E-state index >= 15 is 0 Å². The molecule has 0 aromatic carbocycles. The van der Waals surface area contributed by atoms with Crippen LogP contribution < -0.4 is 5.73 Å². The first kappa shape index (κ1) is 5.34. The third-order valence-electron chi connectivity index (χ3n) is 1.43. The van der Waals surface area contributed by atoms with Gasteiger partial charge in [0.15, 0.2) is 0 Å². The van der Waals surface area contributed by atoms with E-state index in [0.29, 0.717) is 12.3 Å². The van der Waals surface area contributed by atoms with Gasteiger partial charge in [0.25, 0.3) is 0 Å². The third-order valence-corrected chi connectivity index (χ3v) is 1.43. The highest BCUT2D eigenvalue weighted by molar-refractivity contribution is 6.24. The number of amidine groups is 1. The van der Waals surface area contributed by atoms with E-state index in [0.717, 1.165) is 11.3 Å². The maximum absolute atomic E-state index is 5.46. The van der Waals surface area contributed by atoms with E-state index in [9.17, 15) is 0 Å².